The zero-order chi connectivity index (χ0) is 22.2. The Hall–Kier alpha value is -0.870. The molecule has 0 aliphatic carbocycles. The molecule has 0 spiro atoms. The molecular weight excluding hydrogens is 626 g/mol. The molecule has 2 aliphatic heterocycles. The third kappa shape index (κ3) is 5.43. The van der Waals surface area contributed by atoms with E-state index in [1.165, 1.54) is 6.42 Å². The smallest absolute Gasteiger partial charge is 0.312 e. The highest BCUT2D eigenvalue weighted by molar-refractivity contribution is 9.10. The second-order valence-electron chi connectivity index (χ2n) is 8.56. The van der Waals surface area contributed by atoms with E-state index in [9.17, 15) is 4.79 Å². The van der Waals surface area contributed by atoms with Crippen molar-refractivity contribution in [3.63, 3.8) is 0 Å². The summed E-state index contributed by atoms with van der Waals surface area (Å²) < 4.78 is 1.55. The SMILES string of the molecule is CC1C(C(=O)N[N+]2(C)CCCCC2)=NN(c2ccc(Cl)cc2Cl)C1c1ccc(Br)cc1.[I-]. The first-order valence-corrected chi connectivity index (χ1v) is 12.1. The largest absolute Gasteiger partial charge is 1.00 e. The number of quaternary nitrogens is 1. The minimum Gasteiger partial charge on any atom is -1.00 e. The van der Waals surface area contributed by atoms with E-state index in [0.29, 0.717) is 20.3 Å². The van der Waals surface area contributed by atoms with Gasteiger partial charge in [-0.25, -0.2) is 4.59 Å². The lowest BCUT2D eigenvalue weighted by atomic mass is 9.91. The van der Waals surface area contributed by atoms with Gasteiger partial charge in [0, 0.05) is 15.4 Å². The zero-order valence-corrected chi connectivity index (χ0v) is 23.2. The Labute approximate surface area is 224 Å². The molecule has 2 aromatic carbocycles. The van der Waals surface area contributed by atoms with Gasteiger partial charge in [0.05, 0.1) is 23.8 Å². The van der Waals surface area contributed by atoms with E-state index in [-0.39, 0.29) is 41.8 Å². The molecule has 5 nitrogen and oxygen atoms in total. The number of anilines is 1. The number of halogens is 4. The Kier molecular flexibility index (Phi) is 8.52. The van der Waals surface area contributed by atoms with Crippen LogP contribution in [0.2, 0.25) is 10.0 Å². The van der Waals surface area contributed by atoms with Gasteiger partial charge in [0.25, 0.3) is 0 Å². The lowest BCUT2D eigenvalue weighted by Crippen LogP contribution is -3.00. The molecular formula is C23H26BrCl2IN4O. The van der Waals surface area contributed by atoms with E-state index >= 15 is 0 Å². The molecule has 4 rings (SSSR count). The maximum absolute atomic E-state index is 13.3. The van der Waals surface area contributed by atoms with Gasteiger partial charge in [0.15, 0.2) is 0 Å². The van der Waals surface area contributed by atoms with Gasteiger partial charge in [-0.05, 0) is 55.2 Å². The summed E-state index contributed by atoms with van der Waals surface area (Å²) in [4.78, 5) is 13.3. The molecule has 0 saturated carbocycles. The Morgan fingerprint density at radius 3 is 2.41 bits per heavy atom. The van der Waals surface area contributed by atoms with Crippen LogP contribution < -0.4 is 34.4 Å². The van der Waals surface area contributed by atoms with Crippen molar-refractivity contribution in [2.24, 2.45) is 11.0 Å². The van der Waals surface area contributed by atoms with Crippen molar-refractivity contribution in [1.82, 2.24) is 5.43 Å². The molecule has 0 aromatic heterocycles. The molecule has 0 radical (unpaired) electrons. The normalized spacial score (nSPS) is 22.2. The molecule has 1 fully saturated rings. The number of hydrogen-bond donors (Lipinski definition) is 1. The van der Waals surface area contributed by atoms with Crippen LogP contribution in [0.15, 0.2) is 52.0 Å². The van der Waals surface area contributed by atoms with Gasteiger partial charge in [-0.1, -0.05) is 58.2 Å². The first kappa shape index (κ1) is 25.7. The summed E-state index contributed by atoms with van der Waals surface area (Å²) in [6, 6.07) is 13.3. The Bertz CT molecular complexity index is 1010. The molecule has 1 N–H and O–H groups in total. The molecule has 2 aliphatic rings. The summed E-state index contributed by atoms with van der Waals surface area (Å²) >= 11 is 16.2. The average molecular weight is 652 g/mol. The average Bonchev–Trinajstić information content (AvgIpc) is 3.06. The number of hydrogen-bond acceptors (Lipinski definition) is 3. The first-order chi connectivity index (χ1) is 14.8. The van der Waals surface area contributed by atoms with Crippen LogP contribution in [0, 0.1) is 5.92 Å². The molecule has 2 heterocycles. The molecule has 2 unspecified atom stereocenters. The van der Waals surface area contributed by atoms with Gasteiger partial charge < -0.3 is 24.0 Å². The molecule has 1 amide bonds. The van der Waals surface area contributed by atoms with E-state index in [1.807, 2.05) is 30.1 Å². The van der Waals surface area contributed by atoms with Crippen LogP contribution in [-0.2, 0) is 4.79 Å². The van der Waals surface area contributed by atoms with Gasteiger partial charge in [-0.3, -0.25) is 9.80 Å². The van der Waals surface area contributed by atoms with E-state index in [4.69, 9.17) is 28.3 Å². The molecule has 9 heteroatoms. The Morgan fingerprint density at radius 2 is 1.78 bits per heavy atom. The number of carbonyl (C=O) groups excluding carboxylic acids is 1. The standard InChI is InChI=1S/C23H25BrCl2N4O.HI/c1-15-21(23(31)28-30(2)12-4-3-5-13-30)27-29(20-11-10-18(25)14-19(20)26)22(15)16-6-8-17(24)9-7-16;/h6-11,14-15,22H,3-5,12-13H2,1-2H3;1H. The quantitative estimate of drug-likeness (QED) is 0.409. The second kappa shape index (κ2) is 10.6. The number of rotatable bonds is 4. The van der Waals surface area contributed by atoms with Crippen molar-refractivity contribution < 1.29 is 33.4 Å². The summed E-state index contributed by atoms with van der Waals surface area (Å²) in [6.07, 6.45) is 3.45. The van der Waals surface area contributed by atoms with Gasteiger partial charge in [0.2, 0.25) is 0 Å². The van der Waals surface area contributed by atoms with Crippen molar-refractivity contribution in [1.29, 1.82) is 0 Å². The first-order valence-electron chi connectivity index (χ1n) is 10.5. The van der Waals surface area contributed by atoms with Gasteiger partial charge >= 0.3 is 5.91 Å². The summed E-state index contributed by atoms with van der Waals surface area (Å²) in [7, 11) is 2.08. The van der Waals surface area contributed by atoms with E-state index in [2.05, 4.69) is 40.5 Å². The third-order valence-corrected chi connectivity index (χ3v) is 7.23. The van der Waals surface area contributed by atoms with Crippen LogP contribution in [0.5, 0.6) is 0 Å². The minimum absolute atomic E-state index is 0. The number of carbonyl (C=O) groups is 1. The van der Waals surface area contributed by atoms with Crippen molar-refractivity contribution in [2.45, 2.75) is 32.2 Å². The number of likely N-dealkylation sites (tertiary alicyclic amines) is 1. The van der Waals surface area contributed by atoms with Crippen molar-refractivity contribution in [3.8, 4) is 0 Å². The van der Waals surface area contributed by atoms with Gasteiger partial charge in [0.1, 0.15) is 18.8 Å². The number of amides is 1. The topological polar surface area (TPSA) is 44.7 Å². The van der Waals surface area contributed by atoms with E-state index in [1.54, 1.807) is 12.1 Å². The van der Waals surface area contributed by atoms with E-state index in [0.717, 1.165) is 41.7 Å². The van der Waals surface area contributed by atoms with Crippen molar-refractivity contribution in [3.05, 3.63) is 62.5 Å². The second-order valence-corrected chi connectivity index (χ2v) is 10.3. The van der Waals surface area contributed by atoms with Crippen molar-refractivity contribution in [2.75, 3.05) is 25.1 Å². The van der Waals surface area contributed by atoms with Crippen LogP contribution >= 0.6 is 39.1 Å². The third-order valence-electron chi connectivity index (χ3n) is 6.16. The summed E-state index contributed by atoms with van der Waals surface area (Å²) in [5, 5.41) is 7.72. The lowest BCUT2D eigenvalue weighted by molar-refractivity contribution is -0.947. The van der Waals surface area contributed by atoms with Crippen LogP contribution in [0.4, 0.5) is 5.69 Å². The molecule has 0 bridgehead atoms. The molecule has 172 valence electrons. The highest BCUT2D eigenvalue weighted by atomic mass is 127. The Morgan fingerprint density at radius 1 is 1.12 bits per heavy atom. The lowest BCUT2D eigenvalue weighted by Gasteiger charge is -2.36. The number of hydrazone groups is 1. The van der Waals surface area contributed by atoms with E-state index < -0.39 is 0 Å². The molecule has 1 saturated heterocycles. The number of nitrogens with zero attached hydrogens (tertiary/aromatic N) is 3. The maximum atomic E-state index is 13.3. The van der Waals surface area contributed by atoms with Crippen LogP contribution in [0.1, 0.15) is 37.8 Å². The Balaban J connectivity index is 0.00000289. The summed E-state index contributed by atoms with van der Waals surface area (Å²) in [6.45, 7) is 3.93. The molecule has 32 heavy (non-hydrogen) atoms. The fourth-order valence-electron chi connectivity index (χ4n) is 4.47. The zero-order valence-electron chi connectivity index (χ0n) is 18.0. The molecule has 2 aromatic rings. The van der Waals surface area contributed by atoms with Gasteiger partial charge in [-0.2, -0.15) is 10.5 Å². The fraction of sp³-hybridized carbons (Fsp3) is 0.391. The number of benzene rings is 2. The summed E-state index contributed by atoms with van der Waals surface area (Å²) in [5.41, 5.74) is 5.53. The molecule has 2 atom stereocenters. The predicted molar refractivity (Wildman–Crippen MR) is 130 cm³/mol. The number of nitrogens with one attached hydrogen (secondary N) is 1. The van der Waals surface area contributed by atoms with Crippen LogP contribution in [-0.4, -0.2) is 36.3 Å². The van der Waals surface area contributed by atoms with Crippen LogP contribution in [0.25, 0.3) is 0 Å². The fourth-order valence-corrected chi connectivity index (χ4v) is 5.23. The highest BCUT2D eigenvalue weighted by Crippen LogP contribution is 2.42. The van der Waals surface area contributed by atoms with Crippen molar-refractivity contribution >= 4 is 56.4 Å². The minimum atomic E-state index is -0.154. The highest BCUT2D eigenvalue weighted by Gasteiger charge is 2.42. The number of piperidine rings is 1. The monoisotopic (exact) mass is 650 g/mol. The predicted octanol–water partition coefficient (Wildman–Crippen LogP) is 2.98. The van der Waals surface area contributed by atoms with Crippen LogP contribution in [0.3, 0.4) is 0 Å². The van der Waals surface area contributed by atoms with Gasteiger partial charge in [-0.15, -0.1) is 0 Å². The maximum Gasteiger partial charge on any atom is 0.312 e. The summed E-state index contributed by atoms with van der Waals surface area (Å²) in [5.74, 6) is -0.240.